The van der Waals surface area contributed by atoms with Crippen LogP contribution in [0.5, 0.6) is 0 Å². The van der Waals surface area contributed by atoms with Crippen molar-refractivity contribution in [1.82, 2.24) is 19.6 Å². The lowest BCUT2D eigenvalue weighted by Gasteiger charge is -2.21. The average Bonchev–Trinajstić information content (AvgIpc) is 2.97. The van der Waals surface area contributed by atoms with Gasteiger partial charge in [-0.25, -0.2) is 4.98 Å². The van der Waals surface area contributed by atoms with Crippen LogP contribution in [0.4, 0.5) is 0 Å². The molecule has 2 heterocycles. The molecule has 0 fully saturated rings. The van der Waals surface area contributed by atoms with Gasteiger partial charge >= 0.3 is 0 Å². The Morgan fingerprint density at radius 3 is 3.09 bits per heavy atom. The highest BCUT2D eigenvalue weighted by Crippen LogP contribution is 2.05. The lowest BCUT2D eigenvalue weighted by Crippen LogP contribution is -2.39. The number of allylic oxidation sites excluding steroid dienone is 1. The molecule has 0 aliphatic carbocycles. The number of guanidine groups is 1. The molecule has 0 aliphatic heterocycles. The molecule has 1 N–H and O–H groups in total. The number of aromatic nitrogens is 2. The summed E-state index contributed by atoms with van der Waals surface area (Å²) in [5.41, 5.74) is 2.06. The van der Waals surface area contributed by atoms with Crippen molar-refractivity contribution in [3.8, 4) is 0 Å². The minimum Gasteiger partial charge on any atom is -0.357 e. The zero-order valence-electron chi connectivity index (χ0n) is 14.2. The third kappa shape index (κ3) is 5.13. The van der Waals surface area contributed by atoms with Crippen molar-refractivity contribution < 1.29 is 0 Å². The van der Waals surface area contributed by atoms with Gasteiger partial charge in [0.25, 0.3) is 0 Å². The van der Waals surface area contributed by atoms with E-state index >= 15 is 0 Å². The van der Waals surface area contributed by atoms with Crippen LogP contribution in [0.15, 0.2) is 48.2 Å². The van der Waals surface area contributed by atoms with Gasteiger partial charge in [-0.1, -0.05) is 12.1 Å². The molecule has 0 aromatic carbocycles. The van der Waals surface area contributed by atoms with Crippen LogP contribution in [0.25, 0.3) is 5.65 Å². The highest BCUT2D eigenvalue weighted by atomic mass is 15.3. The average molecular weight is 313 g/mol. The SMILES string of the molecule is C=CCCCN(C)C(=NCCc1cn2ccccc2n1)NCC. The van der Waals surface area contributed by atoms with Gasteiger partial charge in [0.1, 0.15) is 5.65 Å². The molecule has 0 bridgehead atoms. The summed E-state index contributed by atoms with van der Waals surface area (Å²) in [7, 11) is 2.08. The fourth-order valence-electron chi connectivity index (χ4n) is 2.43. The first-order valence-electron chi connectivity index (χ1n) is 8.27. The van der Waals surface area contributed by atoms with Crippen molar-refractivity contribution in [2.75, 3.05) is 26.7 Å². The standard InChI is InChI=1S/C18H27N5/c1-4-6-8-13-22(3)18(19-5-2)20-12-11-16-15-23-14-9-7-10-17(23)21-16/h4,7,9-10,14-15H,1,5-6,8,11-13H2,2-3H3,(H,19,20). The fourth-order valence-corrected chi connectivity index (χ4v) is 2.43. The highest BCUT2D eigenvalue weighted by molar-refractivity contribution is 5.79. The Labute approximate surface area is 138 Å². The number of imidazole rings is 1. The number of rotatable bonds is 8. The van der Waals surface area contributed by atoms with Crippen molar-refractivity contribution in [2.45, 2.75) is 26.2 Å². The van der Waals surface area contributed by atoms with E-state index in [9.17, 15) is 0 Å². The smallest absolute Gasteiger partial charge is 0.193 e. The maximum absolute atomic E-state index is 4.71. The maximum Gasteiger partial charge on any atom is 0.193 e. The number of hydrogen-bond donors (Lipinski definition) is 1. The monoisotopic (exact) mass is 313 g/mol. The van der Waals surface area contributed by atoms with Crippen LogP contribution >= 0.6 is 0 Å². The van der Waals surface area contributed by atoms with E-state index in [1.807, 2.05) is 34.9 Å². The first-order valence-corrected chi connectivity index (χ1v) is 8.27. The van der Waals surface area contributed by atoms with Gasteiger partial charge in [-0.15, -0.1) is 6.58 Å². The molecule has 23 heavy (non-hydrogen) atoms. The molecule has 0 amide bonds. The number of pyridine rings is 1. The largest absolute Gasteiger partial charge is 0.357 e. The Balaban J connectivity index is 1.92. The number of nitrogens with one attached hydrogen (secondary N) is 1. The van der Waals surface area contributed by atoms with Crippen molar-refractivity contribution in [3.05, 3.63) is 48.9 Å². The summed E-state index contributed by atoms with van der Waals surface area (Å²) in [6, 6.07) is 6.04. The third-order valence-corrected chi connectivity index (χ3v) is 3.64. The van der Waals surface area contributed by atoms with E-state index < -0.39 is 0 Å². The van der Waals surface area contributed by atoms with Crippen LogP contribution in [-0.4, -0.2) is 46.9 Å². The summed E-state index contributed by atoms with van der Waals surface area (Å²) in [6.07, 6.45) is 9.03. The van der Waals surface area contributed by atoms with E-state index in [2.05, 4.69) is 41.9 Å². The lowest BCUT2D eigenvalue weighted by molar-refractivity contribution is 0.470. The predicted octanol–water partition coefficient (Wildman–Crippen LogP) is 2.74. The second-order valence-electron chi connectivity index (χ2n) is 5.54. The molecule has 0 radical (unpaired) electrons. The quantitative estimate of drug-likeness (QED) is 0.353. The normalized spacial score (nSPS) is 11.7. The van der Waals surface area contributed by atoms with Crippen molar-refractivity contribution in [2.24, 2.45) is 4.99 Å². The molecular weight excluding hydrogens is 286 g/mol. The molecular formula is C18H27N5. The number of fused-ring (bicyclic) bond motifs is 1. The topological polar surface area (TPSA) is 44.9 Å². The highest BCUT2D eigenvalue weighted by Gasteiger charge is 2.05. The molecule has 2 aromatic heterocycles. The summed E-state index contributed by atoms with van der Waals surface area (Å²) in [5.74, 6) is 0.959. The van der Waals surface area contributed by atoms with Gasteiger partial charge in [0.05, 0.1) is 5.69 Å². The van der Waals surface area contributed by atoms with Crippen LogP contribution in [-0.2, 0) is 6.42 Å². The molecule has 5 nitrogen and oxygen atoms in total. The van der Waals surface area contributed by atoms with Gasteiger partial charge in [0.15, 0.2) is 5.96 Å². The van der Waals surface area contributed by atoms with Gasteiger partial charge in [-0.2, -0.15) is 0 Å². The third-order valence-electron chi connectivity index (χ3n) is 3.64. The van der Waals surface area contributed by atoms with E-state index in [0.29, 0.717) is 0 Å². The zero-order chi connectivity index (χ0) is 16.5. The second-order valence-corrected chi connectivity index (χ2v) is 5.54. The molecule has 124 valence electrons. The lowest BCUT2D eigenvalue weighted by atomic mass is 10.3. The molecule has 0 saturated heterocycles. The number of nitrogens with zero attached hydrogens (tertiary/aromatic N) is 4. The molecule has 5 heteroatoms. The number of hydrogen-bond acceptors (Lipinski definition) is 2. The first-order chi connectivity index (χ1) is 11.2. The van der Waals surface area contributed by atoms with E-state index in [-0.39, 0.29) is 0 Å². The summed E-state index contributed by atoms with van der Waals surface area (Å²) in [4.78, 5) is 11.5. The second kappa shape index (κ2) is 8.98. The predicted molar refractivity (Wildman–Crippen MR) is 96.9 cm³/mol. The molecule has 0 unspecified atom stereocenters. The van der Waals surface area contributed by atoms with Crippen LogP contribution in [0.2, 0.25) is 0 Å². The van der Waals surface area contributed by atoms with Gasteiger partial charge in [-0.05, 0) is 31.9 Å². The molecule has 0 aliphatic rings. The Morgan fingerprint density at radius 1 is 1.48 bits per heavy atom. The van der Waals surface area contributed by atoms with Crippen molar-refractivity contribution in [1.29, 1.82) is 0 Å². The van der Waals surface area contributed by atoms with Crippen LogP contribution in [0.3, 0.4) is 0 Å². The zero-order valence-corrected chi connectivity index (χ0v) is 14.2. The van der Waals surface area contributed by atoms with Gasteiger partial charge in [0.2, 0.25) is 0 Å². The van der Waals surface area contributed by atoms with Crippen LogP contribution in [0.1, 0.15) is 25.5 Å². The van der Waals surface area contributed by atoms with E-state index in [0.717, 1.165) is 56.2 Å². The van der Waals surface area contributed by atoms with Gasteiger partial charge in [-0.3, -0.25) is 4.99 Å². The molecule has 0 saturated carbocycles. The van der Waals surface area contributed by atoms with Gasteiger partial charge in [0, 0.05) is 45.5 Å². The Hall–Kier alpha value is -2.30. The number of unbranched alkanes of at least 4 members (excludes halogenated alkanes) is 1. The van der Waals surface area contributed by atoms with Crippen molar-refractivity contribution in [3.63, 3.8) is 0 Å². The summed E-state index contributed by atoms with van der Waals surface area (Å²) in [6.45, 7) is 8.45. The van der Waals surface area contributed by atoms with Crippen molar-refractivity contribution >= 4 is 11.6 Å². The Bertz CT molecular complexity index is 611. The summed E-state index contributed by atoms with van der Waals surface area (Å²) in [5, 5.41) is 3.35. The van der Waals surface area contributed by atoms with Gasteiger partial charge < -0.3 is 14.6 Å². The van der Waals surface area contributed by atoms with E-state index in [1.54, 1.807) is 0 Å². The first kappa shape index (κ1) is 17.1. The minimum absolute atomic E-state index is 0.734. The Kier molecular flexibility index (Phi) is 6.66. The maximum atomic E-state index is 4.71. The number of aliphatic imine (C=N–C) groups is 1. The molecule has 0 spiro atoms. The fraction of sp³-hybridized carbons (Fsp3) is 0.444. The van der Waals surface area contributed by atoms with E-state index in [4.69, 9.17) is 4.99 Å². The van der Waals surface area contributed by atoms with Crippen LogP contribution < -0.4 is 5.32 Å². The van der Waals surface area contributed by atoms with E-state index in [1.165, 1.54) is 0 Å². The molecule has 2 aromatic rings. The van der Waals surface area contributed by atoms with Crippen LogP contribution in [0, 0.1) is 0 Å². The Morgan fingerprint density at radius 2 is 2.35 bits per heavy atom. The molecule has 2 rings (SSSR count). The summed E-state index contributed by atoms with van der Waals surface area (Å²) >= 11 is 0. The summed E-state index contributed by atoms with van der Waals surface area (Å²) < 4.78 is 2.05. The molecule has 0 atom stereocenters. The minimum atomic E-state index is 0.734.